The summed E-state index contributed by atoms with van der Waals surface area (Å²) >= 11 is 0. The molecule has 0 spiro atoms. The molecule has 20 heavy (non-hydrogen) atoms. The molecule has 0 aromatic heterocycles. The van der Waals surface area contributed by atoms with Gasteiger partial charge in [-0.1, -0.05) is 62.9 Å². The molecule has 0 saturated carbocycles. The minimum absolute atomic E-state index is 0.000976. The minimum atomic E-state index is 0.000976. The average Bonchev–Trinajstić information content (AvgIpc) is 2.48. The maximum atomic E-state index is 11.6. The van der Waals surface area contributed by atoms with Gasteiger partial charge in [0.05, 0.1) is 0 Å². The van der Waals surface area contributed by atoms with E-state index < -0.39 is 0 Å². The Balaban J connectivity index is 2.07. The van der Waals surface area contributed by atoms with Crippen molar-refractivity contribution in [3.8, 4) is 0 Å². The van der Waals surface area contributed by atoms with Crippen LogP contribution in [0, 0.1) is 0 Å². The summed E-state index contributed by atoms with van der Waals surface area (Å²) in [5.74, 6) is 0.154. The van der Waals surface area contributed by atoms with Crippen molar-refractivity contribution in [1.29, 1.82) is 0 Å². The van der Waals surface area contributed by atoms with E-state index in [0.717, 1.165) is 24.8 Å². The van der Waals surface area contributed by atoms with E-state index in [1.54, 1.807) is 0 Å². The fourth-order valence-electron chi connectivity index (χ4n) is 2.21. The first kappa shape index (κ1) is 16.7. The molecule has 0 fully saturated rings. The van der Waals surface area contributed by atoms with Crippen LogP contribution in [-0.4, -0.2) is 12.5 Å². The summed E-state index contributed by atoms with van der Waals surface area (Å²) in [7, 11) is 0. The smallest absolute Gasteiger partial charge is 0.219 e. The fourth-order valence-corrected chi connectivity index (χ4v) is 2.21. The summed E-state index contributed by atoms with van der Waals surface area (Å²) in [6, 6.07) is 10.0. The van der Waals surface area contributed by atoms with Crippen molar-refractivity contribution in [2.24, 2.45) is 5.73 Å². The highest BCUT2D eigenvalue weighted by Gasteiger charge is 2.06. The fraction of sp³-hybridized carbons (Fsp3) is 0.588. The summed E-state index contributed by atoms with van der Waals surface area (Å²) in [5.41, 5.74) is 7.21. The minimum Gasteiger partial charge on any atom is -0.356 e. The highest BCUT2D eigenvalue weighted by atomic mass is 16.1. The number of nitrogens with one attached hydrogen (secondary N) is 1. The SMILES string of the molecule is CCCCCCCC(=O)NCCC(N)c1ccccc1. The van der Waals surface area contributed by atoms with Crippen LogP contribution in [-0.2, 0) is 4.79 Å². The van der Waals surface area contributed by atoms with Gasteiger partial charge in [0.2, 0.25) is 5.91 Å². The quantitative estimate of drug-likeness (QED) is 0.642. The van der Waals surface area contributed by atoms with Crippen LogP contribution < -0.4 is 11.1 Å². The second-order valence-corrected chi connectivity index (χ2v) is 5.32. The lowest BCUT2D eigenvalue weighted by molar-refractivity contribution is -0.121. The normalized spacial score (nSPS) is 12.1. The summed E-state index contributed by atoms with van der Waals surface area (Å²) in [6.07, 6.45) is 7.33. The molecule has 0 heterocycles. The molecule has 0 aliphatic rings. The van der Waals surface area contributed by atoms with E-state index in [2.05, 4.69) is 12.2 Å². The predicted molar refractivity (Wildman–Crippen MR) is 84.4 cm³/mol. The van der Waals surface area contributed by atoms with Crippen molar-refractivity contribution in [2.75, 3.05) is 6.54 Å². The Labute approximate surface area is 122 Å². The molecule has 0 saturated heterocycles. The molecule has 0 radical (unpaired) electrons. The lowest BCUT2D eigenvalue weighted by atomic mass is 10.1. The molecule has 0 aliphatic heterocycles. The Bertz CT molecular complexity index is 365. The van der Waals surface area contributed by atoms with Gasteiger partial charge in [-0.3, -0.25) is 4.79 Å². The molecule has 3 nitrogen and oxygen atoms in total. The van der Waals surface area contributed by atoms with Crippen molar-refractivity contribution in [3.05, 3.63) is 35.9 Å². The zero-order valence-electron chi connectivity index (χ0n) is 12.6. The first-order valence-corrected chi connectivity index (χ1v) is 7.81. The molecular formula is C17H28N2O. The van der Waals surface area contributed by atoms with Crippen LogP contribution in [0.25, 0.3) is 0 Å². The number of amides is 1. The highest BCUT2D eigenvalue weighted by molar-refractivity contribution is 5.75. The zero-order valence-corrected chi connectivity index (χ0v) is 12.6. The van der Waals surface area contributed by atoms with Gasteiger partial charge in [0.15, 0.2) is 0 Å². The van der Waals surface area contributed by atoms with Gasteiger partial charge in [0, 0.05) is 19.0 Å². The number of carbonyl (C=O) groups excluding carboxylic acids is 1. The van der Waals surface area contributed by atoms with Crippen LogP contribution in [0.4, 0.5) is 0 Å². The molecule has 1 aromatic carbocycles. The molecular weight excluding hydrogens is 248 g/mol. The molecule has 0 bridgehead atoms. The topological polar surface area (TPSA) is 55.1 Å². The molecule has 1 unspecified atom stereocenters. The number of rotatable bonds is 10. The molecule has 3 heteroatoms. The number of hydrogen-bond donors (Lipinski definition) is 2. The number of unbranched alkanes of at least 4 members (excludes halogenated alkanes) is 4. The van der Waals surface area contributed by atoms with Gasteiger partial charge >= 0.3 is 0 Å². The van der Waals surface area contributed by atoms with Crippen LogP contribution in [0.15, 0.2) is 30.3 Å². The van der Waals surface area contributed by atoms with Crippen LogP contribution in [0.1, 0.15) is 63.5 Å². The van der Waals surface area contributed by atoms with Crippen LogP contribution >= 0.6 is 0 Å². The van der Waals surface area contributed by atoms with E-state index in [4.69, 9.17) is 5.73 Å². The van der Waals surface area contributed by atoms with Crippen molar-refractivity contribution >= 4 is 5.91 Å². The summed E-state index contributed by atoms with van der Waals surface area (Å²) in [5, 5.41) is 2.96. The van der Waals surface area contributed by atoms with Crippen LogP contribution in [0.3, 0.4) is 0 Å². The standard InChI is InChI=1S/C17H28N2O/c1-2-3-4-5-9-12-17(20)19-14-13-16(18)15-10-7-6-8-11-15/h6-8,10-11,16H,2-5,9,12-14,18H2,1H3,(H,19,20). The van der Waals surface area contributed by atoms with E-state index in [9.17, 15) is 4.79 Å². The summed E-state index contributed by atoms with van der Waals surface area (Å²) in [6.45, 7) is 2.85. The monoisotopic (exact) mass is 276 g/mol. The van der Waals surface area contributed by atoms with Crippen molar-refractivity contribution in [3.63, 3.8) is 0 Å². The molecule has 1 atom stereocenters. The second-order valence-electron chi connectivity index (χ2n) is 5.32. The van der Waals surface area contributed by atoms with Crippen LogP contribution in [0.5, 0.6) is 0 Å². The average molecular weight is 276 g/mol. The molecule has 0 aliphatic carbocycles. The van der Waals surface area contributed by atoms with Gasteiger partial charge in [-0.25, -0.2) is 0 Å². The molecule has 1 amide bonds. The maximum absolute atomic E-state index is 11.6. The lowest BCUT2D eigenvalue weighted by Gasteiger charge is -2.12. The first-order valence-electron chi connectivity index (χ1n) is 7.81. The number of hydrogen-bond acceptors (Lipinski definition) is 2. The molecule has 1 aromatic rings. The molecule has 1 rings (SSSR count). The zero-order chi connectivity index (χ0) is 14.6. The van der Waals surface area contributed by atoms with E-state index >= 15 is 0 Å². The van der Waals surface area contributed by atoms with E-state index in [-0.39, 0.29) is 11.9 Å². The third-order valence-corrected chi connectivity index (χ3v) is 3.51. The Kier molecular flexibility index (Phi) is 8.72. The van der Waals surface area contributed by atoms with Gasteiger partial charge in [-0.2, -0.15) is 0 Å². The Hall–Kier alpha value is -1.35. The van der Waals surface area contributed by atoms with E-state index in [0.29, 0.717) is 13.0 Å². The molecule has 112 valence electrons. The largest absolute Gasteiger partial charge is 0.356 e. The van der Waals surface area contributed by atoms with Crippen molar-refractivity contribution in [1.82, 2.24) is 5.32 Å². The lowest BCUT2D eigenvalue weighted by Crippen LogP contribution is -2.26. The van der Waals surface area contributed by atoms with Gasteiger partial charge in [0.25, 0.3) is 0 Å². The van der Waals surface area contributed by atoms with Gasteiger partial charge in [-0.05, 0) is 18.4 Å². The van der Waals surface area contributed by atoms with Gasteiger partial charge in [0.1, 0.15) is 0 Å². The molecule has 3 N–H and O–H groups in total. The Morgan fingerprint density at radius 3 is 2.55 bits per heavy atom. The Morgan fingerprint density at radius 1 is 1.15 bits per heavy atom. The first-order chi connectivity index (χ1) is 9.74. The summed E-state index contributed by atoms with van der Waals surface area (Å²) in [4.78, 5) is 11.6. The third kappa shape index (κ3) is 7.29. The van der Waals surface area contributed by atoms with E-state index in [1.165, 1.54) is 19.3 Å². The highest BCUT2D eigenvalue weighted by Crippen LogP contribution is 2.12. The van der Waals surface area contributed by atoms with Crippen molar-refractivity contribution < 1.29 is 4.79 Å². The summed E-state index contributed by atoms with van der Waals surface area (Å²) < 4.78 is 0. The van der Waals surface area contributed by atoms with Crippen LogP contribution in [0.2, 0.25) is 0 Å². The maximum Gasteiger partial charge on any atom is 0.219 e. The third-order valence-electron chi connectivity index (χ3n) is 3.51. The number of carbonyl (C=O) groups is 1. The van der Waals surface area contributed by atoms with Crippen molar-refractivity contribution in [2.45, 2.75) is 57.9 Å². The second kappa shape index (κ2) is 10.4. The Morgan fingerprint density at radius 2 is 1.85 bits per heavy atom. The van der Waals surface area contributed by atoms with Gasteiger partial charge < -0.3 is 11.1 Å². The predicted octanol–water partition coefficient (Wildman–Crippen LogP) is 3.55. The number of benzene rings is 1. The van der Waals surface area contributed by atoms with Gasteiger partial charge in [-0.15, -0.1) is 0 Å². The number of nitrogens with two attached hydrogens (primary N) is 1. The van der Waals surface area contributed by atoms with E-state index in [1.807, 2.05) is 30.3 Å².